The molecule has 0 atom stereocenters. The molecule has 0 aliphatic rings. The van der Waals surface area contributed by atoms with E-state index >= 15 is 0 Å². The second kappa shape index (κ2) is 8.24. The van der Waals surface area contributed by atoms with E-state index in [4.69, 9.17) is 10.2 Å². The number of para-hydroxylation sites is 2. The van der Waals surface area contributed by atoms with Crippen molar-refractivity contribution in [2.75, 3.05) is 0 Å². The fraction of sp³-hybridized carbons (Fsp3) is 0.0909. The predicted molar refractivity (Wildman–Crippen MR) is 150 cm³/mol. The van der Waals surface area contributed by atoms with E-state index < -0.39 is 5.41 Å². The first-order chi connectivity index (χ1) is 18.1. The molecule has 38 heavy (non-hydrogen) atoms. The van der Waals surface area contributed by atoms with E-state index in [1.807, 2.05) is 33.3 Å². The van der Waals surface area contributed by atoms with E-state index in [2.05, 4.69) is 98.8 Å². The average molecular weight is 670 g/mol. The van der Waals surface area contributed by atoms with Gasteiger partial charge in [-0.25, -0.2) is 0 Å². The van der Waals surface area contributed by atoms with Gasteiger partial charge in [0.2, 0.25) is 0 Å². The fourth-order valence-electron chi connectivity index (χ4n) is 5.75. The maximum atomic E-state index is 5.16. The first-order valence-corrected chi connectivity index (χ1v) is 12.5. The summed E-state index contributed by atoms with van der Waals surface area (Å²) >= 11 is 0. The molecule has 0 N–H and O–H groups in total. The third-order valence-electron chi connectivity index (χ3n) is 7.78. The Labute approximate surface area is 233 Å². The standard InChI is InChI=1S/C33H22N4.Pt/c1-33(2,31-19-29-25-15-5-3-11-21(25)23-13-7-9-17-27(23)36(29)34-31)32-20-30-26-16-6-4-12-22(26)24-14-8-10-18-28(24)37(30)35-32;/h3-16,19-20H,1-2H3;/q-2;+2. The van der Waals surface area contributed by atoms with Crippen LogP contribution in [0.15, 0.2) is 97.1 Å². The largest absolute Gasteiger partial charge is 2.00 e. The minimum absolute atomic E-state index is 0. The van der Waals surface area contributed by atoms with Gasteiger partial charge in [0.25, 0.3) is 0 Å². The smallest absolute Gasteiger partial charge is 0.257 e. The van der Waals surface area contributed by atoms with Gasteiger partial charge in [0.15, 0.2) is 0 Å². The van der Waals surface area contributed by atoms with Crippen LogP contribution in [0, 0.1) is 12.1 Å². The number of benzene rings is 4. The number of fused-ring (bicyclic) bond motifs is 12. The van der Waals surface area contributed by atoms with Gasteiger partial charge in [-0.1, -0.05) is 59.3 Å². The summed E-state index contributed by atoms with van der Waals surface area (Å²) in [5.74, 6) is 0. The van der Waals surface area contributed by atoms with Gasteiger partial charge in [-0.05, 0) is 47.8 Å². The SMILES string of the molecule is CC(C)(c1cc2c3ccccc3c3ccc[c-]c3n2n1)c1cc2c3ccccc3c3ccc[c-]c3n2n1.[Pt+2]. The second-order valence-electron chi connectivity index (χ2n) is 10.2. The van der Waals surface area contributed by atoms with Crippen LogP contribution in [-0.2, 0) is 26.5 Å². The van der Waals surface area contributed by atoms with Crippen LogP contribution in [0.2, 0.25) is 0 Å². The van der Waals surface area contributed by atoms with Crippen LogP contribution in [0.5, 0.6) is 0 Å². The van der Waals surface area contributed by atoms with Gasteiger partial charge in [0, 0.05) is 0 Å². The molecule has 8 aromatic rings. The van der Waals surface area contributed by atoms with Crippen molar-refractivity contribution in [3.63, 3.8) is 0 Å². The summed E-state index contributed by atoms with van der Waals surface area (Å²) in [4.78, 5) is 0. The van der Waals surface area contributed by atoms with Gasteiger partial charge in [0.1, 0.15) is 0 Å². The topological polar surface area (TPSA) is 34.6 Å². The first kappa shape index (κ1) is 23.1. The molecule has 0 fully saturated rings. The second-order valence-corrected chi connectivity index (χ2v) is 10.2. The molecule has 4 aromatic carbocycles. The molecular weight excluding hydrogens is 647 g/mol. The number of rotatable bonds is 2. The van der Waals surface area contributed by atoms with E-state index in [1.165, 1.54) is 21.5 Å². The Morgan fingerprint density at radius 2 is 0.947 bits per heavy atom. The minimum Gasteiger partial charge on any atom is -0.257 e. The van der Waals surface area contributed by atoms with Crippen molar-refractivity contribution < 1.29 is 21.1 Å². The van der Waals surface area contributed by atoms with Crippen molar-refractivity contribution in [2.45, 2.75) is 19.3 Å². The van der Waals surface area contributed by atoms with Crippen LogP contribution in [0.4, 0.5) is 0 Å². The Bertz CT molecular complexity index is 1880. The average Bonchev–Trinajstić information content (AvgIpc) is 3.61. The summed E-state index contributed by atoms with van der Waals surface area (Å²) in [6.07, 6.45) is 0. The number of aromatic nitrogens is 4. The van der Waals surface area contributed by atoms with Gasteiger partial charge in [0.05, 0.1) is 27.8 Å². The molecule has 4 aromatic heterocycles. The molecule has 0 saturated heterocycles. The zero-order valence-electron chi connectivity index (χ0n) is 20.8. The summed E-state index contributed by atoms with van der Waals surface area (Å²) in [6, 6.07) is 40.7. The number of hydrogen-bond donors (Lipinski definition) is 0. The number of pyridine rings is 2. The van der Waals surface area contributed by atoms with Crippen LogP contribution in [-0.4, -0.2) is 19.2 Å². The summed E-state index contributed by atoms with van der Waals surface area (Å²) in [5.41, 5.74) is 5.66. The summed E-state index contributed by atoms with van der Waals surface area (Å²) in [5, 5.41) is 17.4. The molecule has 0 radical (unpaired) electrons. The summed E-state index contributed by atoms with van der Waals surface area (Å²) < 4.78 is 4.09. The normalized spacial score (nSPS) is 12.3. The first-order valence-electron chi connectivity index (χ1n) is 12.5. The third kappa shape index (κ3) is 3.07. The Hall–Kier alpha value is -4.01. The Morgan fingerprint density at radius 3 is 1.39 bits per heavy atom. The van der Waals surface area contributed by atoms with E-state index in [1.54, 1.807) is 0 Å². The molecule has 4 heterocycles. The van der Waals surface area contributed by atoms with Crippen LogP contribution >= 0.6 is 0 Å². The van der Waals surface area contributed by atoms with E-state index in [-0.39, 0.29) is 21.1 Å². The van der Waals surface area contributed by atoms with Crippen LogP contribution in [0.1, 0.15) is 25.2 Å². The molecule has 0 amide bonds. The maximum Gasteiger partial charge on any atom is 2.00 e. The van der Waals surface area contributed by atoms with Crippen molar-refractivity contribution in [1.82, 2.24) is 19.2 Å². The van der Waals surface area contributed by atoms with Crippen LogP contribution in [0.3, 0.4) is 0 Å². The molecule has 0 aliphatic heterocycles. The molecule has 0 saturated carbocycles. The molecule has 0 bridgehead atoms. The van der Waals surface area contributed by atoms with Crippen LogP contribution in [0.25, 0.3) is 54.4 Å². The maximum absolute atomic E-state index is 5.16. The molecule has 184 valence electrons. The molecule has 4 nitrogen and oxygen atoms in total. The van der Waals surface area contributed by atoms with Gasteiger partial charge in [-0.3, -0.25) is 9.03 Å². The van der Waals surface area contributed by atoms with Crippen LogP contribution < -0.4 is 0 Å². The zero-order chi connectivity index (χ0) is 24.7. The molecule has 0 spiro atoms. The quantitative estimate of drug-likeness (QED) is 0.141. The Balaban J connectivity index is 0.00000242. The van der Waals surface area contributed by atoms with E-state index in [0.717, 1.165) is 44.2 Å². The van der Waals surface area contributed by atoms with Gasteiger partial charge < -0.3 is 0 Å². The van der Waals surface area contributed by atoms with Crippen molar-refractivity contribution >= 4 is 54.4 Å². The van der Waals surface area contributed by atoms with Crippen molar-refractivity contribution in [2.24, 2.45) is 0 Å². The molecular formula is C33H22N4Pt. The van der Waals surface area contributed by atoms with E-state index in [0.29, 0.717) is 0 Å². The fourth-order valence-corrected chi connectivity index (χ4v) is 5.75. The minimum atomic E-state index is -0.428. The Morgan fingerprint density at radius 1 is 0.553 bits per heavy atom. The third-order valence-corrected chi connectivity index (χ3v) is 7.78. The van der Waals surface area contributed by atoms with Gasteiger partial charge in [-0.2, -0.15) is 58.7 Å². The van der Waals surface area contributed by atoms with Gasteiger partial charge in [-0.15, -0.1) is 10.8 Å². The van der Waals surface area contributed by atoms with Crippen molar-refractivity contribution in [3.8, 4) is 0 Å². The zero-order valence-corrected chi connectivity index (χ0v) is 23.1. The number of hydrogen-bond acceptors (Lipinski definition) is 2. The van der Waals surface area contributed by atoms with Crippen molar-refractivity contribution in [3.05, 3.63) is 121 Å². The van der Waals surface area contributed by atoms with Crippen molar-refractivity contribution in [1.29, 1.82) is 0 Å². The van der Waals surface area contributed by atoms with Gasteiger partial charge >= 0.3 is 21.1 Å². The molecule has 0 aliphatic carbocycles. The molecule has 0 unspecified atom stereocenters. The van der Waals surface area contributed by atoms with E-state index in [9.17, 15) is 0 Å². The summed E-state index contributed by atoms with van der Waals surface area (Å²) in [7, 11) is 0. The molecule has 5 heteroatoms. The monoisotopic (exact) mass is 669 g/mol. The Kier molecular flexibility index (Phi) is 5.02. The molecule has 8 rings (SSSR count). The predicted octanol–water partition coefficient (Wildman–Crippen LogP) is 7.52. The summed E-state index contributed by atoms with van der Waals surface area (Å²) in [6.45, 7) is 4.41. The number of nitrogens with zero attached hydrogens (tertiary/aromatic N) is 4.